The maximum atomic E-state index is 12.9. The van der Waals surface area contributed by atoms with Crippen LogP contribution in [0.4, 0.5) is 0 Å². The predicted octanol–water partition coefficient (Wildman–Crippen LogP) is 4.66. The molecule has 136 valence electrons. The van der Waals surface area contributed by atoms with Gasteiger partial charge in [-0.2, -0.15) is 0 Å². The first-order chi connectivity index (χ1) is 11.6. The second-order valence-electron chi connectivity index (χ2n) is 6.35. The second kappa shape index (κ2) is 9.62. The number of halogens is 1. The first kappa shape index (κ1) is 20.3. The highest BCUT2D eigenvalue weighted by atomic mass is 35.5. The lowest BCUT2D eigenvalue weighted by molar-refractivity contribution is 0.0677. The molecule has 2 heterocycles. The van der Waals surface area contributed by atoms with Gasteiger partial charge in [-0.3, -0.25) is 4.79 Å². The molecule has 0 bridgehead atoms. The topological polar surface area (TPSA) is 46.3 Å². The molecule has 0 aliphatic carbocycles. The van der Waals surface area contributed by atoms with Crippen LogP contribution in [-0.2, 0) is 5.75 Å². The first-order valence-corrected chi connectivity index (χ1v) is 10.3. The molecule has 1 unspecified atom stereocenters. The third-order valence-corrected chi connectivity index (χ3v) is 6.82. The largest absolute Gasteiger partial charge is 0.339 e. The van der Waals surface area contributed by atoms with Crippen LogP contribution in [0.25, 0.3) is 0 Å². The molecule has 1 atom stereocenters. The van der Waals surface area contributed by atoms with E-state index < -0.39 is 0 Å². The minimum absolute atomic E-state index is 0. The molecule has 1 aromatic heterocycles. The Hall–Kier alpha value is -1.01. The summed E-state index contributed by atoms with van der Waals surface area (Å²) in [6, 6.07) is 12.4. The summed E-state index contributed by atoms with van der Waals surface area (Å²) in [5.74, 6) is 1.61. The number of nitrogens with zero attached hydrogens (tertiary/aromatic N) is 1. The summed E-state index contributed by atoms with van der Waals surface area (Å²) < 4.78 is 0. The summed E-state index contributed by atoms with van der Waals surface area (Å²) >= 11 is 3.50. The Labute approximate surface area is 164 Å². The number of amides is 1. The van der Waals surface area contributed by atoms with Gasteiger partial charge in [-0.15, -0.1) is 35.5 Å². The van der Waals surface area contributed by atoms with Gasteiger partial charge in [0.25, 0.3) is 5.91 Å². The van der Waals surface area contributed by atoms with E-state index >= 15 is 0 Å². The number of hydrogen-bond donors (Lipinski definition) is 1. The van der Waals surface area contributed by atoms with Crippen molar-refractivity contribution < 1.29 is 4.79 Å². The fourth-order valence-corrected chi connectivity index (χ4v) is 4.93. The van der Waals surface area contributed by atoms with Crippen LogP contribution < -0.4 is 5.73 Å². The normalized spacial score (nSPS) is 16.3. The molecule has 1 amide bonds. The van der Waals surface area contributed by atoms with Gasteiger partial charge >= 0.3 is 0 Å². The smallest absolute Gasteiger partial charge is 0.254 e. The SMILES string of the molecule is CC(N)C1CCN(C(=O)c2ccccc2SCc2cccs2)CC1.Cl. The fourth-order valence-electron chi connectivity index (χ4n) is 3.11. The minimum atomic E-state index is 0. The van der Waals surface area contributed by atoms with Crippen molar-refractivity contribution >= 4 is 41.4 Å². The van der Waals surface area contributed by atoms with Crippen LogP contribution in [0, 0.1) is 5.92 Å². The molecule has 1 aliphatic rings. The quantitative estimate of drug-likeness (QED) is 0.747. The number of carbonyl (C=O) groups is 1. The minimum Gasteiger partial charge on any atom is -0.339 e. The van der Waals surface area contributed by atoms with Crippen LogP contribution in [0.5, 0.6) is 0 Å². The molecule has 0 spiro atoms. The molecule has 6 heteroatoms. The van der Waals surface area contributed by atoms with E-state index in [0.29, 0.717) is 5.92 Å². The number of likely N-dealkylation sites (tertiary alicyclic amines) is 1. The molecule has 2 aromatic rings. The summed E-state index contributed by atoms with van der Waals surface area (Å²) in [5, 5.41) is 2.09. The molecule has 25 heavy (non-hydrogen) atoms. The zero-order valence-electron chi connectivity index (χ0n) is 14.4. The van der Waals surface area contributed by atoms with Crippen molar-refractivity contribution in [3.63, 3.8) is 0 Å². The molecule has 3 rings (SSSR count). The third-order valence-electron chi connectivity index (χ3n) is 4.64. The zero-order chi connectivity index (χ0) is 16.9. The van der Waals surface area contributed by atoms with Crippen LogP contribution in [0.2, 0.25) is 0 Å². The fraction of sp³-hybridized carbons (Fsp3) is 0.421. The van der Waals surface area contributed by atoms with Crippen molar-refractivity contribution in [3.05, 3.63) is 52.2 Å². The first-order valence-electron chi connectivity index (χ1n) is 8.44. The van der Waals surface area contributed by atoms with Crippen molar-refractivity contribution in [3.8, 4) is 0 Å². The van der Waals surface area contributed by atoms with Crippen molar-refractivity contribution in [2.75, 3.05) is 13.1 Å². The average Bonchev–Trinajstić information content (AvgIpc) is 3.13. The van der Waals surface area contributed by atoms with Crippen molar-refractivity contribution in [1.82, 2.24) is 4.90 Å². The molecule has 1 saturated heterocycles. The van der Waals surface area contributed by atoms with Gasteiger partial charge in [0.1, 0.15) is 0 Å². The Bertz CT molecular complexity index is 668. The zero-order valence-corrected chi connectivity index (χ0v) is 16.8. The van der Waals surface area contributed by atoms with E-state index in [2.05, 4.69) is 30.5 Å². The van der Waals surface area contributed by atoms with Crippen LogP contribution in [0.15, 0.2) is 46.7 Å². The van der Waals surface area contributed by atoms with Crippen molar-refractivity contribution in [1.29, 1.82) is 0 Å². The molecular formula is C19H25ClN2OS2. The highest BCUT2D eigenvalue weighted by Gasteiger charge is 2.26. The van der Waals surface area contributed by atoms with Gasteiger partial charge in [0.2, 0.25) is 0 Å². The second-order valence-corrected chi connectivity index (χ2v) is 8.40. The van der Waals surface area contributed by atoms with Crippen LogP contribution in [-0.4, -0.2) is 29.9 Å². The lowest BCUT2D eigenvalue weighted by atomic mass is 9.90. The van der Waals surface area contributed by atoms with Gasteiger partial charge in [0.05, 0.1) is 5.56 Å². The molecule has 1 aromatic carbocycles. The summed E-state index contributed by atoms with van der Waals surface area (Å²) in [7, 11) is 0. The van der Waals surface area contributed by atoms with Crippen molar-refractivity contribution in [2.24, 2.45) is 11.7 Å². The Morgan fingerprint density at radius 3 is 2.64 bits per heavy atom. The van der Waals surface area contributed by atoms with E-state index in [9.17, 15) is 4.79 Å². The number of rotatable bonds is 5. The molecular weight excluding hydrogens is 372 g/mol. The number of benzene rings is 1. The number of hydrogen-bond acceptors (Lipinski definition) is 4. The van der Waals surface area contributed by atoms with Crippen LogP contribution in [0.3, 0.4) is 0 Å². The average molecular weight is 397 g/mol. The molecule has 3 nitrogen and oxygen atoms in total. The standard InChI is InChI=1S/C19H24N2OS2.ClH/c1-14(20)15-8-10-21(11-9-15)19(22)17-6-2-3-7-18(17)24-13-16-5-4-12-23-16;/h2-7,12,14-15H,8-11,13,20H2,1H3;1H. The van der Waals surface area contributed by atoms with Gasteiger partial charge in [-0.05, 0) is 49.3 Å². The molecule has 1 aliphatic heterocycles. The highest BCUT2D eigenvalue weighted by molar-refractivity contribution is 7.98. The van der Waals surface area contributed by atoms with E-state index in [1.54, 1.807) is 23.1 Å². The monoisotopic (exact) mass is 396 g/mol. The summed E-state index contributed by atoms with van der Waals surface area (Å²) in [6.07, 6.45) is 2.02. The molecule has 1 fully saturated rings. The lowest BCUT2D eigenvalue weighted by Gasteiger charge is -2.34. The summed E-state index contributed by atoms with van der Waals surface area (Å²) in [5.41, 5.74) is 6.84. The number of carbonyl (C=O) groups excluding carboxylic acids is 1. The van der Waals surface area contributed by atoms with Gasteiger partial charge < -0.3 is 10.6 Å². The highest BCUT2D eigenvalue weighted by Crippen LogP contribution is 2.29. The lowest BCUT2D eigenvalue weighted by Crippen LogP contribution is -2.42. The van der Waals surface area contributed by atoms with Gasteiger partial charge in [0, 0.05) is 34.7 Å². The number of nitrogens with two attached hydrogens (primary N) is 1. The van der Waals surface area contributed by atoms with Gasteiger partial charge in [0.15, 0.2) is 0 Å². The number of thioether (sulfide) groups is 1. The van der Waals surface area contributed by atoms with E-state index in [1.807, 2.05) is 23.1 Å². The van der Waals surface area contributed by atoms with E-state index in [1.165, 1.54) is 4.88 Å². The number of thiophene rings is 1. The maximum Gasteiger partial charge on any atom is 0.254 e. The predicted molar refractivity (Wildman–Crippen MR) is 110 cm³/mol. The summed E-state index contributed by atoms with van der Waals surface area (Å²) in [4.78, 5) is 17.3. The van der Waals surface area contributed by atoms with Gasteiger partial charge in [-0.1, -0.05) is 18.2 Å². The van der Waals surface area contributed by atoms with E-state index in [-0.39, 0.29) is 24.4 Å². The summed E-state index contributed by atoms with van der Waals surface area (Å²) in [6.45, 7) is 3.70. The maximum absolute atomic E-state index is 12.9. The van der Waals surface area contributed by atoms with E-state index in [4.69, 9.17) is 5.73 Å². The van der Waals surface area contributed by atoms with Crippen LogP contribution >= 0.6 is 35.5 Å². The van der Waals surface area contributed by atoms with Gasteiger partial charge in [-0.25, -0.2) is 0 Å². The Balaban J connectivity index is 0.00000225. The Morgan fingerprint density at radius 1 is 1.28 bits per heavy atom. The van der Waals surface area contributed by atoms with Crippen molar-refractivity contribution in [2.45, 2.75) is 36.5 Å². The Kier molecular flexibility index (Phi) is 7.81. The molecule has 0 radical (unpaired) electrons. The number of piperidine rings is 1. The Morgan fingerprint density at radius 2 is 2.00 bits per heavy atom. The van der Waals surface area contributed by atoms with E-state index in [0.717, 1.165) is 42.1 Å². The molecule has 0 saturated carbocycles. The third kappa shape index (κ3) is 5.23. The van der Waals surface area contributed by atoms with Crippen LogP contribution in [0.1, 0.15) is 35.0 Å². The molecule has 2 N–H and O–H groups in total.